The average molecular weight is 444 g/mol. The molecule has 3 aromatic rings. The lowest BCUT2D eigenvalue weighted by Gasteiger charge is -2.22. The second kappa shape index (κ2) is 10.4. The van der Waals surface area contributed by atoms with Crippen molar-refractivity contribution in [2.75, 3.05) is 20.1 Å². The summed E-state index contributed by atoms with van der Waals surface area (Å²) < 4.78 is 7.25. The lowest BCUT2D eigenvalue weighted by Crippen LogP contribution is -2.38. The van der Waals surface area contributed by atoms with Gasteiger partial charge in [-0.3, -0.25) is 9.67 Å². The number of nitrogens with one attached hydrogen (secondary N) is 1. The molecule has 166 valence electrons. The van der Waals surface area contributed by atoms with Gasteiger partial charge in [-0.1, -0.05) is 42.7 Å². The van der Waals surface area contributed by atoms with E-state index in [9.17, 15) is 0 Å². The van der Waals surface area contributed by atoms with Gasteiger partial charge < -0.3 is 14.7 Å². The predicted molar refractivity (Wildman–Crippen MR) is 123 cm³/mol. The average Bonchev–Trinajstić information content (AvgIpc) is 3.34. The van der Waals surface area contributed by atoms with Crippen LogP contribution in [0.1, 0.15) is 43.8 Å². The van der Waals surface area contributed by atoms with Crippen molar-refractivity contribution in [2.24, 2.45) is 12.0 Å². The topological polar surface area (TPSA) is 84.4 Å². The number of aliphatic imine (C=N–C) groups is 1. The van der Waals surface area contributed by atoms with Crippen LogP contribution in [0.4, 0.5) is 0 Å². The molecule has 0 amide bonds. The van der Waals surface area contributed by atoms with E-state index >= 15 is 0 Å². The molecule has 0 aliphatic rings. The molecule has 0 saturated carbocycles. The molecule has 0 saturated heterocycles. The zero-order valence-corrected chi connectivity index (χ0v) is 19.5. The van der Waals surface area contributed by atoms with Crippen LogP contribution in [0.25, 0.3) is 11.4 Å². The van der Waals surface area contributed by atoms with Crippen molar-refractivity contribution in [3.8, 4) is 11.4 Å². The highest BCUT2D eigenvalue weighted by Gasteiger charge is 2.15. The number of nitrogens with zero attached hydrogens (tertiary/aromatic N) is 6. The van der Waals surface area contributed by atoms with E-state index in [1.54, 1.807) is 0 Å². The van der Waals surface area contributed by atoms with Crippen molar-refractivity contribution in [1.82, 2.24) is 30.1 Å². The van der Waals surface area contributed by atoms with E-state index in [0.29, 0.717) is 35.6 Å². The van der Waals surface area contributed by atoms with Crippen LogP contribution in [0, 0.1) is 0 Å². The first kappa shape index (κ1) is 22.8. The van der Waals surface area contributed by atoms with E-state index in [1.165, 1.54) is 5.56 Å². The molecule has 0 unspecified atom stereocenters. The van der Waals surface area contributed by atoms with Gasteiger partial charge in [0.25, 0.3) is 0 Å². The fraction of sp³-hybridized carbons (Fsp3) is 0.455. The summed E-state index contributed by atoms with van der Waals surface area (Å²) in [6.07, 6.45) is 2.63. The standard InChI is InChI=1S/C22H30ClN7O/c1-6-24-22(29(4)13-17-14-30(5)27-20(17)15(2)3)25-11-10-19-26-21(28-31-19)16-8-7-9-18(23)12-16/h7-9,12,14-15H,6,10-11,13H2,1-5H3,(H,24,25). The van der Waals surface area contributed by atoms with Crippen LogP contribution in [-0.4, -0.2) is 50.9 Å². The molecule has 8 nitrogen and oxygen atoms in total. The SMILES string of the molecule is CCNC(=NCCc1nc(-c2cccc(Cl)c2)no1)N(C)Cc1cn(C)nc1C(C)C. The Hall–Kier alpha value is -2.87. The van der Waals surface area contributed by atoms with Gasteiger partial charge in [-0.05, 0) is 25.0 Å². The summed E-state index contributed by atoms with van der Waals surface area (Å²) in [4.78, 5) is 11.3. The Morgan fingerprint density at radius 2 is 2.16 bits per heavy atom. The molecule has 0 spiro atoms. The highest BCUT2D eigenvalue weighted by atomic mass is 35.5. The summed E-state index contributed by atoms with van der Waals surface area (Å²) in [5, 5.41) is 12.6. The van der Waals surface area contributed by atoms with E-state index in [-0.39, 0.29) is 0 Å². The number of guanidine groups is 1. The fourth-order valence-electron chi connectivity index (χ4n) is 3.32. The molecule has 0 aliphatic carbocycles. The monoisotopic (exact) mass is 443 g/mol. The van der Waals surface area contributed by atoms with Crippen LogP contribution in [-0.2, 0) is 20.0 Å². The third kappa shape index (κ3) is 6.07. The second-order valence-corrected chi connectivity index (χ2v) is 8.17. The van der Waals surface area contributed by atoms with E-state index in [2.05, 4.69) is 52.4 Å². The highest BCUT2D eigenvalue weighted by Crippen LogP contribution is 2.20. The number of benzene rings is 1. The summed E-state index contributed by atoms with van der Waals surface area (Å²) in [7, 11) is 3.99. The zero-order chi connectivity index (χ0) is 22.4. The van der Waals surface area contributed by atoms with Crippen molar-refractivity contribution < 1.29 is 4.52 Å². The summed E-state index contributed by atoms with van der Waals surface area (Å²) in [5.41, 5.74) is 3.15. The van der Waals surface area contributed by atoms with Gasteiger partial charge >= 0.3 is 0 Å². The highest BCUT2D eigenvalue weighted by molar-refractivity contribution is 6.30. The predicted octanol–water partition coefficient (Wildman–Crippen LogP) is 3.89. The molecule has 1 aromatic carbocycles. The van der Waals surface area contributed by atoms with Crippen molar-refractivity contribution in [3.05, 3.63) is 52.6 Å². The molecule has 0 radical (unpaired) electrons. The normalized spacial score (nSPS) is 11.9. The number of halogens is 1. The molecular weight excluding hydrogens is 414 g/mol. The molecule has 31 heavy (non-hydrogen) atoms. The Morgan fingerprint density at radius 3 is 2.87 bits per heavy atom. The Kier molecular flexibility index (Phi) is 7.68. The summed E-state index contributed by atoms with van der Waals surface area (Å²) >= 11 is 6.04. The first-order valence-electron chi connectivity index (χ1n) is 10.5. The molecule has 9 heteroatoms. The Morgan fingerprint density at radius 1 is 1.35 bits per heavy atom. The van der Waals surface area contributed by atoms with Crippen LogP contribution in [0.3, 0.4) is 0 Å². The van der Waals surface area contributed by atoms with E-state index in [1.807, 2.05) is 43.0 Å². The van der Waals surface area contributed by atoms with Crippen LogP contribution in [0.15, 0.2) is 40.0 Å². The van der Waals surface area contributed by atoms with E-state index < -0.39 is 0 Å². The Labute approximate surface area is 188 Å². The summed E-state index contributed by atoms with van der Waals surface area (Å²) in [6, 6.07) is 7.40. The van der Waals surface area contributed by atoms with Gasteiger partial charge in [0.15, 0.2) is 5.96 Å². The zero-order valence-electron chi connectivity index (χ0n) is 18.8. The Bertz CT molecular complexity index is 1020. The molecular formula is C22H30ClN7O. The Balaban J connectivity index is 1.65. The molecule has 0 atom stereocenters. The molecule has 0 fully saturated rings. The minimum absolute atomic E-state index is 0.371. The van der Waals surface area contributed by atoms with Gasteiger partial charge in [-0.2, -0.15) is 10.1 Å². The van der Waals surface area contributed by atoms with E-state index in [0.717, 1.165) is 30.3 Å². The lowest BCUT2D eigenvalue weighted by molar-refractivity contribution is 0.380. The molecule has 2 heterocycles. The quantitative estimate of drug-likeness (QED) is 0.420. The first-order valence-corrected chi connectivity index (χ1v) is 10.9. The third-order valence-corrected chi connectivity index (χ3v) is 4.96. The number of rotatable bonds is 8. The number of hydrogen-bond acceptors (Lipinski definition) is 5. The number of aryl methyl sites for hydroxylation is 1. The van der Waals surface area contributed by atoms with Crippen molar-refractivity contribution in [3.63, 3.8) is 0 Å². The number of aromatic nitrogens is 4. The number of hydrogen-bond donors (Lipinski definition) is 1. The van der Waals surface area contributed by atoms with Gasteiger partial charge in [0.05, 0.1) is 12.2 Å². The van der Waals surface area contributed by atoms with Gasteiger partial charge in [0.2, 0.25) is 11.7 Å². The second-order valence-electron chi connectivity index (χ2n) is 7.73. The summed E-state index contributed by atoms with van der Waals surface area (Å²) in [6.45, 7) is 8.43. The summed E-state index contributed by atoms with van der Waals surface area (Å²) in [5.74, 6) is 2.28. The molecule has 0 aliphatic heterocycles. The first-order chi connectivity index (χ1) is 14.9. The van der Waals surface area contributed by atoms with Crippen LogP contribution in [0.5, 0.6) is 0 Å². The van der Waals surface area contributed by atoms with Gasteiger partial charge in [-0.15, -0.1) is 0 Å². The smallest absolute Gasteiger partial charge is 0.228 e. The molecule has 0 bridgehead atoms. The van der Waals surface area contributed by atoms with Gasteiger partial charge in [0, 0.05) is 56.0 Å². The minimum atomic E-state index is 0.371. The van der Waals surface area contributed by atoms with E-state index in [4.69, 9.17) is 21.1 Å². The third-order valence-electron chi connectivity index (χ3n) is 4.73. The fourth-order valence-corrected chi connectivity index (χ4v) is 3.51. The largest absolute Gasteiger partial charge is 0.357 e. The van der Waals surface area contributed by atoms with Crippen LogP contribution >= 0.6 is 11.6 Å². The van der Waals surface area contributed by atoms with Crippen LogP contribution in [0.2, 0.25) is 5.02 Å². The van der Waals surface area contributed by atoms with Crippen LogP contribution < -0.4 is 5.32 Å². The van der Waals surface area contributed by atoms with Gasteiger partial charge in [0.1, 0.15) is 0 Å². The van der Waals surface area contributed by atoms with Crippen molar-refractivity contribution in [2.45, 2.75) is 39.7 Å². The minimum Gasteiger partial charge on any atom is -0.357 e. The molecule has 2 aromatic heterocycles. The maximum atomic E-state index is 6.04. The molecule has 3 rings (SSSR count). The van der Waals surface area contributed by atoms with Crippen molar-refractivity contribution >= 4 is 17.6 Å². The maximum absolute atomic E-state index is 6.04. The lowest BCUT2D eigenvalue weighted by atomic mass is 10.1. The van der Waals surface area contributed by atoms with Gasteiger partial charge in [-0.25, -0.2) is 0 Å². The maximum Gasteiger partial charge on any atom is 0.228 e. The molecule has 1 N–H and O–H groups in total. The van der Waals surface area contributed by atoms with Crippen molar-refractivity contribution in [1.29, 1.82) is 0 Å².